The molecular weight excluding hydrogens is 302 g/mol. The van der Waals surface area contributed by atoms with Crippen molar-refractivity contribution in [3.05, 3.63) is 15.8 Å². The molecule has 0 aliphatic carbocycles. The molecule has 2 rings (SSSR count). The van der Waals surface area contributed by atoms with E-state index in [0.717, 1.165) is 11.3 Å². The second-order valence-electron chi connectivity index (χ2n) is 4.92. The maximum atomic E-state index is 12.6. The van der Waals surface area contributed by atoms with Crippen molar-refractivity contribution in [1.82, 2.24) is 4.31 Å². The summed E-state index contributed by atoms with van der Waals surface area (Å²) in [6.45, 7) is 3.56. The summed E-state index contributed by atoms with van der Waals surface area (Å²) in [6.07, 6.45) is 0.492. The van der Waals surface area contributed by atoms with Crippen LogP contribution in [0.25, 0.3) is 0 Å². The van der Waals surface area contributed by atoms with Gasteiger partial charge in [0.25, 0.3) is 0 Å². The van der Waals surface area contributed by atoms with Crippen LogP contribution in [0, 0.1) is 6.92 Å². The van der Waals surface area contributed by atoms with Crippen molar-refractivity contribution in [2.75, 3.05) is 20.2 Å². The molecule has 1 fully saturated rings. The zero-order chi connectivity index (χ0) is 15.1. The summed E-state index contributed by atoms with van der Waals surface area (Å²) in [5.41, 5.74) is -0.440. The number of β-amino-alcohol motifs (C(OH)–C–C–N with tert-alkyl or cyclic N) is 1. The minimum atomic E-state index is -3.77. The first-order chi connectivity index (χ1) is 9.25. The lowest BCUT2D eigenvalue weighted by Crippen LogP contribution is -2.63. The minimum Gasteiger partial charge on any atom is -0.465 e. The van der Waals surface area contributed by atoms with Gasteiger partial charge in [0, 0.05) is 13.1 Å². The maximum absolute atomic E-state index is 12.6. The standard InChI is InChI=1S/C12H17NO5S2/c1-4-12(15)6-13(7-12)20(16,17)10-8(2)5-19-9(10)11(14)18-3/h5,15H,4,6-7H2,1-3H3. The van der Waals surface area contributed by atoms with Crippen LogP contribution < -0.4 is 0 Å². The van der Waals surface area contributed by atoms with Crippen molar-refractivity contribution in [1.29, 1.82) is 0 Å². The molecule has 0 amide bonds. The zero-order valence-electron chi connectivity index (χ0n) is 11.5. The Bertz CT molecular complexity index is 628. The van der Waals surface area contributed by atoms with E-state index in [0.29, 0.717) is 12.0 Å². The highest BCUT2D eigenvalue weighted by atomic mass is 32.2. The van der Waals surface area contributed by atoms with E-state index in [1.54, 1.807) is 19.2 Å². The first-order valence-corrected chi connectivity index (χ1v) is 8.46. The number of sulfonamides is 1. The Morgan fingerprint density at radius 2 is 2.15 bits per heavy atom. The van der Waals surface area contributed by atoms with E-state index in [-0.39, 0.29) is 22.9 Å². The van der Waals surface area contributed by atoms with Crippen molar-refractivity contribution < 1.29 is 23.1 Å². The summed E-state index contributed by atoms with van der Waals surface area (Å²) in [6, 6.07) is 0. The van der Waals surface area contributed by atoms with Crippen LogP contribution in [-0.2, 0) is 14.8 Å². The van der Waals surface area contributed by atoms with E-state index < -0.39 is 21.6 Å². The summed E-state index contributed by atoms with van der Waals surface area (Å²) >= 11 is 1.05. The van der Waals surface area contributed by atoms with Crippen molar-refractivity contribution in [2.24, 2.45) is 0 Å². The molecule has 1 aliphatic heterocycles. The summed E-state index contributed by atoms with van der Waals surface area (Å²) in [4.78, 5) is 11.7. The fourth-order valence-corrected chi connectivity index (χ4v) is 5.38. The van der Waals surface area contributed by atoms with Gasteiger partial charge in [-0.2, -0.15) is 4.31 Å². The van der Waals surface area contributed by atoms with Crippen molar-refractivity contribution in [2.45, 2.75) is 30.8 Å². The fraction of sp³-hybridized carbons (Fsp3) is 0.583. The average molecular weight is 319 g/mol. The molecule has 2 heterocycles. The molecule has 1 aliphatic rings. The monoisotopic (exact) mass is 319 g/mol. The van der Waals surface area contributed by atoms with Gasteiger partial charge in [0.05, 0.1) is 12.7 Å². The summed E-state index contributed by atoms with van der Waals surface area (Å²) in [5, 5.41) is 11.6. The van der Waals surface area contributed by atoms with Crippen LogP contribution in [0.1, 0.15) is 28.6 Å². The number of hydrogen-bond acceptors (Lipinski definition) is 6. The third kappa shape index (κ3) is 2.37. The topological polar surface area (TPSA) is 83.9 Å². The predicted molar refractivity (Wildman–Crippen MR) is 74.4 cm³/mol. The third-order valence-electron chi connectivity index (χ3n) is 3.49. The Labute approximate surface area is 122 Å². The number of ether oxygens (including phenoxy) is 1. The number of aryl methyl sites for hydroxylation is 1. The third-order valence-corrected chi connectivity index (χ3v) is 6.67. The highest BCUT2D eigenvalue weighted by molar-refractivity contribution is 7.89. The Balaban J connectivity index is 2.37. The molecule has 1 aromatic heterocycles. The molecule has 0 saturated carbocycles. The number of rotatable bonds is 4. The van der Waals surface area contributed by atoms with Gasteiger partial charge < -0.3 is 9.84 Å². The molecule has 6 nitrogen and oxygen atoms in total. The van der Waals surface area contributed by atoms with Gasteiger partial charge in [-0.15, -0.1) is 11.3 Å². The largest absolute Gasteiger partial charge is 0.465 e. The average Bonchev–Trinajstić information content (AvgIpc) is 2.76. The number of thiophene rings is 1. The lowest BCUT2D eigenvalue weighted by molar-refractivity contribution is -0.0613. The molecule has 0 spiro atoms. The predicted octanol–water partition coefficient (Wildman–Crippen LogP) is 0.989. The van der Waals surface area contributed by atoms with Crippen LogP contribution in [0.4, 0.5) is 0 Å². The molecule has 0 radical (unpaired) electrons. The molecule has 1 N–H and O–H groups in total. The smallest absolute Gasteiger partial charge is 0.349 e. The molecule has 8 heteroatoms. The molecule has 20 heavy (non-hydrogen) atoms. The van der Waals surface area contributed by atoms with Crippen LogP contribution in [0.5, 0.6) is 0 Å². The van der Waals surface area contributed by atoms with Gasteiger partial charge in [-0.3, -0.25) is 0 Å². The Morgan fingerprint density at radius 3 is 2.65 bits per heavy atom. The number of nitrogens with zero attached hydrogens (tertiary/aromatic N) is 1. The molecule has 1 aromatic rings. The van der Waals surface area contributed by atoms with Gasteiger partial charge >= 0.3 is 5.97 Å². The van der Waals surface area contributed by atoms with Gasteiger partial charge in [0.15, 0.2) is 0 Å². The molecule has 0 aromatic carbocycles. The zero-order valence-corrected chi connectivity index (χ0v) is 13.2. The van der Waals surface area contributed by atoms with Gasteiger partial charge in [-0.25, -0.2) is 13.2 Å². The number of carbonyl (C=O) groups is 1. The van der Waals surface area contributed by atoms with Gasteiger partial charge in [-0.1, -0.05) is 6.92 Å². The Morgan fingerprint density at radius 1 is 1.55 bits per heavy atom. The Kier molecular flexibility index (Phi) is 3.94. The fourth-order valence-electron chi connectivity index (χ4n) is 2.12. The second kappa shape index (κ2) is 5.10. The molecule has 112 valence electrons. The molecule has 0 bridgehead atoms. The Hall–Kier alpha value is -0.960. The van der Waals surface area contributed by atoms with Crippen molar-refractivity contribution in [3.8, 4) is 0 Å². The number of carbonyl (C=O) groups excluding carboxylic acids is 1. The second-order valence-corrected chi connectivity index (χ2v) is 7.67. The number of aliphatic hydroxyl groups is 1. The molecular formula is C12H17NO5S2. The first-order valence-electron chi connectivity index (χ1n) is 6.14. The molecule has 1 saturated heterocycles. The van der Waals surface area contributed by atoms with E-state index in [1.807, 2.05) is 0 Å². The molecule has 0 atom stereocenters. The SMILES string of the molecule is CCC1(O)CN(S(=O)(=O)c2c(C)csc2C(=O)OC)C1. The lowest BCUT2D eigenvalue weighted by Gasteiger charge is -2.44. The minimum absolute atomic E-state index is 0.00694. The summed E-state index contributed by atoms with van der Waals surface area (Å²) < 4.78 is 30.9. The van der Waals surface area contributed by atoms with Crippen LogP contribution in [0.15, 0.2) is 10.3 Å². The first kappa shape index (κ1) is 15.4. The summed E-state index contributed by atoms with van der Waals surface area (Å²) in [7, 11) is -2.56. The highest BCUT2D eigenvalue weighted by Gasteiger charge is 2.47. The van der Waals surface area contributed by atoms with E-state index in [9.17, 15) is 18.3 Å². The van der Waals surface area contributed by atoms with Gasteiger partial charge in [0.2, 0.25) is 10.0 Å². The van der Waals surface area contributed by atoms with Crippen LogP contribution in [-0.4, -0.2) is 49.6 Å². The van der Waals surface area contributed by atoms with E-state index >= 15 is 0 Å². The highest BCUT2D eigenvalue weighted by Crippen LogP contribution is 2.35. The van der Waals surface area contributed by atoms with Crippen molar-refractivity contribution in [3.63, 3.8) is 0 Å². The van der Waals surface area contributed by atoms with E-state index in [4.69, 9.17) is 0 Å². The van der Waals surface area contributed by atoms with E-state index in [1.165, 1.54) is 11.4 Å². The van der Waals surface area contributed by atoms with Crippen LogP contribution in [0.2, 0.25) is 0 Å². The maximum Gasteiger partial charge on any atom is 0.349 e. The van der Waals surface area contributed by atoms with Gasteiger partial charge in [0.1, 0.15) is 9.77 Å². The van der Waals surface area contributed by atoms with Crippen molar-refractivity contribution >= 4 is 27.3 Å². The molecule has 0 unspecified atom stereocenters. The number of hydrogen-bond donors (Lipinski definition) is 1. The number of methoxy groups -OCH3 is 1. The lowest BCUT2D eigenvalue weighted by atomic mass is 9.94. The quantitative estimate of drug-likeness (QED) is 0.837. The summed E-state index contributed by atoms with van der Waals surface area (Å²) in [5.74, 6) is -0.659. The van der Waals surface area contributed by atoms with Crippen LogP contribution >= 0.6 is 11.3 Å². The normalized spacial score (nSPS) is 18.6. The van der Waals surface area contributed by atoms with Gasteiger partial charge in [-0.05, 0) is 24.3 Å². The number of esters is 1. The van der Waals surface area contributed by atoms with E-state index in [2.05, 4.69) is 4.74 Å². The van der Waals surface area contributed by atoms with Crippen LogP contribution in [0.3, 0.4) is 0 Å².